The van der Waals surface area contributed by atoms with Gasteiger partial charge in [0.25, 0.3) is 0 Å². The van der Waals surface area contributed by atoms with Crippen LogP contribution in [0.1, 0.15) is 29.8 Å². The summed E-state index contributed by atoms with van der Waals surface area (Å²) in [6.45, 7) is 5.96. The Labute approximate surface area is 139 Å². The summed E-state index contributed by atoms with van der Waals surface area (Å²) in [4.78, 5) is 0. The highest BCUT2D eigenvalue weighted by Gasteiger charge is 2.18. The van der Waals surface area contributed by atoms with Gasteiger partial charge in [0.2, 0.25) is 0 Å². The fraction of sp³-hybridized carbons (Fsp3) is 0.438. The highest BCUT2D eigenvalue weighted by atomic mass is 79.9. The molecule has 0 bridgehead atoms. The number of rotatable bonds is 6. The van der Waals surface area contributed by atoms with Crippen LogP contribution in [0.4, 0.5) is 0 Å². The van der Waals surface area contributed by atoms with Gasteiger partial charge in [-0.15, -0.1) is 0 Å². The topological polar surface area (TPSA) is 29.9 Å². The molecule has 1 aromatic carbocycles. The zero-order chi connectivity index (χ0) is 15.4. The number of hydrogen-bond donors (Lipinski definition) is 1. The van der Waals surface area contributed by atoms with Crippen molar-refractivity contribution in [2.45, 2.75) is 32.7 Å². The molecule has 5 heteroatoms. The number of halogens is 2. The van der Waals surface area contributed by atoms with Crippen molar-refractivity contribution < 1.29 is 0 Å². The smallest absolute Gasteiger partial charge is 0.0738 e. The minimum atomic E-state index is 0.393. The average molecular weight is 371 g/mol. The lowest BCUT2D eigenvalue weighted by molar-refractivity contribution is 0.562. The lowest BCUT2D eigenvalue weighted by Gasteiger charge is -2.18. The van der Waals surface area contributed by atoms with Crippen LogP contribution in [0.25, 0.3) is 0 Å². The number of aromatic nitrogens is 2. The SMILES string of the molecule is CCn1nc(C)c(Br)c1CC(CNC)c1ccc(Cl)cc1. The van der Waals surface area contributed by atoms with Gasteiger partial charge in [-0.25, -0.2) is 0 Å². The molecule has 1 unspecified atom stereocenters. The van der Waals surface area contributed by atoms with Crippen LogP contribution >= 0.6 is 27.5 Å². The van der Waals surface area contributed by atoms with E-state index in [2.05, 4.69) is 50.1 Å². The lowest BCUT2D eigenvalue weighted by Crippen LogP contribution is -2.20. The third-order valence-electron chi connectivity index (χ3n) is 3.68. The summed E-state index contributed by atoms with van der Waals surface area (Å²) >= 11 is 9.67. The minimum Gasteiger partial charge on any atom is -0.319 e. The molecule has 3 nitrogen and oxygen atoms in total. The Balaban J connectivity index is 2.30. The molecular formula is C16H21BrClN3. The predicted molar refractivity (Wildman–Crippen MR) is 92.2 cm³/mol. The van der Waals surface area contributed by atoms with Gasteiger partial charge in [0.1, 0.15) is 0 Å². The van der Waals surface area contributed by atoms with Crippen LogP contribution < -0.4 is 5.32 Å². The Bertz CT molecular complexity index is 592. The molecule has 21 heavy (non-hydrogen) atoms. The molecule has 0 saturated carbocycles. The summed E-state index contributed by atoms with van der Waals surface area (Å²) in [6.07, 6.45) is 0.942. The molecular weight excluding hydrogens is 350 g/mol. The molecule has 0 amide bonds. The fourth-order valence-corrected chi connectivity index (χ4v) is 3.16. The summed E-state index contributed by atoms with van der Waals surface area (Å²) in [6, 6.07) is 8.13. The van der Waals surface area contributed by atoms with Crippen molar-refractivity contribution in [3.63, 3.8) is 0 Å². The van der Waals surface area contributed by atoms with Gasteiger partial charge in [0, 0.05) is 24.0 Å². The van der Waals surface area contributed by atoms with E-state index < -0.39 is 0 Å². The van der Waals surface area contributed by atoms with Gasteiger partial charge < -0.3 is 5.32 Å². The molecule has 0 radical (unpaired) electrons. The molecule has 0 aliphatic rings. The molecule has 114 valence electrons. The fourth-order valence-electron chi connectivity index (χ4n) is 2.59. The van der Waals surface area contributed by atoms with Crippen LogP contribution in [0.15, 0.2) is 28.7 Å². The highest BCUT2D eigenvalue weighted by Crippen LogP contribution is 2.28. The maximum absolute atomic E-state index is 5.99. The number of nitrogens with zero attached hydrogens (tertiary/aromatic N) is 2. The molecule has 0 aliphatic carbocycles. The Kier molecular flexibility index (Phi) is 5.85. The van der Waals surface area contributed by atoms with Crippen molar-refractivity contribution in [1.82, 2.24) is 15.1 Å². The number of likely N-dealkylation sites (N-methyl/N-ethyl adjacent to an activating group) is 1. The van der Waals surface area contributed by atoms with Crippen LogP contribution in [0.2, 0.25) is 5.02 Å². The normalized spacial score (nSPS) is 12.6. The zero-order valence-electron chi connectivity index (χ0n) is 12.7. The van der Waals surface area contributed by atoms with Gasteiger partial charge in [-0.1, -0.05) is 23.7 Å². The van der Waals surface area contributed by atoms with E-state index in [1.807, 2.05) is 26.1 Å². The van der Waals surface area contributed by atoms with Crippen molar-refractivity contribution in [1.29, 1.82) is 0 Å². The average Bonchev–Trinajstić information content (AvgIpc) is 2.75. The quantitative estimate of drug-likeness (QED) is 0.827. The highest BCUT2D eigenvalue weighted by molar-refractivity contribution is 9.10. The van der Waals surface area contributed by atoms with E-state index in [1.54, 1.807) is 0 Å². The van der Waals surface area contributed by atoms with Gasteiger partial charge in [0.15, 0.2) is 0 Å². The van der Waals surface area contributed by atoms with E-state index in [0.717, 1.165) is 34.7 Å². The van der Waals surface area contributed by atoms with Crippen LogP contribution in [-0.2, 0) is 13.0 Å². The Morgan fingerprint density at radius 2 is 2.00 bits per heavy atom. The van der Waals surface area contributed by atoms with Crippen LogP contribution in [0.3, 0.4) is 0 Å². The van der Waals surface area contributed by atoms with Crippen molar-refractivity contribution in [2.75, 3.05) is 13.6 Å². The Hall–Kier alpha value is -0.840. The molecule has 1 atom stereocenters. The van der Waals surface area contributed by atoms with Crippen LogP contribution in [-0.4, -0.2) is 23.4 Å². The summed E-state index contributed by atoms with van der Waals surface area (Å²) < 4.78 is 3.21. The monoisotopic (exact) mass is 369 g/mol. The Morgan fingerprint density at radius 3 is 2.57 bits per heavy atom. The summed E-state index contributed by atoms with van der Waals surface area (Å²) in [5, 5.41) is 8.64. The van der Waals surface area contributed by atoms with Gasteiger partial charge in [-0.3, -0.25) is 4.68 Å². The summed E-state index contributed by atoms with van der Waals surface area (Å²) in [5.41, 5.74) is 3.60. The number of benzene rings is 1. The molecule has 0 spiro atoms. The van der Waals surface area contributed by atoms with Crippen LogP contribution in [0.5, 0.6) is 0 Å². The molecule has 0 saturated heterocycles. The Morgan fingerprint density at radius 1 is 1.33 bits per heavy atom. The largest absolute Gasteiger partial charge is 0.319 e. The lowest BCUT2D eigenvalue weighted by atomic mass is 9.94. The van der Waals surface area contributed by atoms with Crippen molar-refractivity contribution >= 4 is 27.5 Å². The molecule has 2 aromatic rings. The first-order valence-electron chi connectivity index (χ1n) is 7.18. The van der Waals surface area contributed by atoms with Gasteiger partial charge >= 0.3 is 0 Å². The van der Waals surface area contributed by atoms with E-state index in [0.29, 0.717) is 5.92 Å². The van der Waals surface area contributed by atoms with Gasteiger partial charge in [-0.2, -0.15) is 5.10 Å². The van der Waals surface area contributed by atoms with E-state index in [1.165, 1.54) is 11.3 Å². The van der Waals surface area contributed by atoms with Crippen LogP contribution in [0, 0.1) is 6.92 Å². The standard InChI is InChI=1S/C16H21BrClN3/c1-4-21-15(16(17)11(2)20-21)9-13(10-19-3)12-5-7-14(18)8-6-12/h5-8,13,19H,4,9-10H2,1-3H3. The second kappa shape index (κ2) is 7.43. The van der Waals surface area contributed by atoms with E-state index in [9.17, 15) is 0 Å². The summed E-state index contributed by atoms with van der Waals surface area (Å²) in [5.74, 6) is 0.393. The number of nitrogens with one attached hydrogen (secondary N) is 1. The molecule has 2 rings (SSSR count). The first kappa shape index (κ1) is 16.5. The molecule has 0 aliphatic heterocycles. The second-order valence-corrected chi connectivity index (χ2v) is 6.40. The third kappa shape index (κ3) is 3.87. The van der Waals surface area contributed by atoms with E-state index in [4.69, 9.17) is 11.6 Å². The first-order chi connectivity index (χ1) is 10.1. The molecule has 1 N–H and O–H groups in total. The molecule has 1 aromatic heterocycles. The second-order valence-electron chi connectivity index (χ2n) is 5.17. The maximum Gasteiger partial charge on any atom is 0.0738 e. The number of hydrogen-bond acceptors (Lipinski definition) is 2. The number of aryl methyl sites for hydroxylation is 2. The van der Waals surface area contributed by atoms with Gasteiger partial charge in [-0.05, 0) is 60.9 Å². The summed E-state index contributed by atoms with van der Waals surface area (Å²) in [7, 11) is 1.99. The van der Waals surface area contributed by atoms with Crippen molar-refractivity contribution in [2.24, 2.45) is 0 Å². The molecule has 0 fully saturated rings. The van der Waals surface area contributed by atoms with E-state index >= 15 is 0 Å². The maximum atomic E-state index is 5.99. The predicted octanol–water partition coefficient (Wildman–Crippen LogP) is 4.17. The van der Waals surface area contributed by atoms with E-state index in [-0.39, 0.29) is 0 Å². The minimum absolute atomic E-state index is 0.393. The van der Waals surface area contributed by atoms with Crippen molar-refractivity contribution in [3.05, 3.63) is 50.7 Å². The zero-order valence-corrected chi connectivity index (χ0v) is 15.0. The first-order valence-corrected chi connectivity index (χ1v) is 8.35. The third-order valence-corrected chi connectivity index (χ3v) is 4.97. The molecule has 1 heterocycles. The van der Waals surface area contributed by atoms with Gasteiger partial charge in [0.05, 0.1) is 15.9 Å². The van der Waals surface area contributed by atoms with Crippen molar-refractivity contribution in [3.8, 4) is 0 Å².